The molecule has 3 rings (SSSR count). The zero-order chi connectivity index (χ0) is 15.7. The second-order valence-corrected chi connectivity index (χ2v) is 6.69. The Morgan fingerprint density at radius 1 is 1.36 bits per heavy atom. The average Bonchev–Trinajstić information content (AvgIpc) is 2.95. The number of carbonyl (C=O) groups is 1. The van der Waals surface area contributed by atoms with E-state index in [1.807, 2.05) is 31.2 Å². The van der Waals surface area contributed by atoms with E-state index in [1.165, 1.54) is 11.3 Å². The van der Waals surface area contributed by atoms with Crippen LogP contribution in [-0.2, 0) is 0 Å². The summed E-state index contributed by atoms with van der Waals surface area (Å²) in [5, 5.41) is 9.12. The van der Waals surface area contributed by atoms with Crippen molar-refractivity contribution in [3.05, 3.63) is 50.7 Å². The summed E-state index contributed by atoms with van der Waals surface area (Å²) in [5.74, 6) is -0.330. The third-order valence-corrected chi connectivity index (χ3v) is 4.30. The number of carbonyl (C=O) groups excluding carboxylic acids is 1. The summed E-state index contributed by atoms with van der Waals surface area (Å²) in [6, 6.07) is 7.61. The van der Waals surface area contributed by atoms with Crippen molar-refractivity contribution < 1.29 is 4.79 Å². The lowest BCUT2D eigenvalue weighted by atomic mass is 10.2. The number of imidazole rings is 1. The number of aromatic nitrogens is 3. The number of nitrogens with one attached hydrogen (secondary N) is 1. The Balaban J connectivity index is 1.78. The van der Waals surface area contributed by atoms with E-state index in [9.17, 15) is 4.79 Å². The van der Waals surface area contributed by atoms with Gasteiger partial charge < -0.3 is 0 Å². The lowest BCUT2D eigenvalue weighted by Gasteiger charge is -1.99. The van der Waals surface area contributed by atoms with E-state index in [1.54, 1.807) is 17.7 Å². The maximum Gasteiger partial charge on any atom is 0.292 e. The van der Waals surface area contributed by atoms with Gasteiger partial charge in [0.05, 0.1) is 11.9 Å². The molecule has 1 amide bonds. The first-order valence-electron chi connectivity index (χ1n) is 6.46. The minimum atomic E-state index is -0.330. The molecule has 0 unspecified atom stereocenters. The molecule has 0 bridgehead atoms. The quantitative estimate of drug-likeness (QED) is 0.563. The number of hydrogen-bond acceptors (Lipinski definition) is 5. The van der Waals surface area contributed by atoms with Gasteiger partial charge in [-0.1, -0.05) is 39.4 Å². The van der Waals surface area contributed by atoms with Gasteiger partial charge >= 0.3 is 0 Å². The molecule has 2 heterocycles. The topological polar surface area (TPSA) is 71.7 Å². The first-order valence-corrected chi connectivity index (χ1v) is 8.07. The summed E-state index contributed by atoms with van der Waals surface area (Å²) in [7, 11) is 0. The van der Waals surface area contributed by atoms with Gasteiger partial charge in [-0.3, -0.25) is 4.79 Å². The van der Waals surface area contributed by atoms with Crippen LogP contribution < -0.4 is 5.43 Å². The molecule has 22 heavy (non-hydrogen) atoms. The molecule has 0 aliphatic rings. The highest BCUT2D eigenvalue weighted by atomic mass is 79.9. The van der Waals surface area contributed by atoms with Crippen LogP contribution in [0.15, 0.2) is 33.8 Å². The van der Waals surface area contributed by atoms with E-state index < -0.39 is 0 Å². The number of hydrazone groups is 1. The van der Waals surface area contributed by atoms with E-state index in [0.717, 1.165) is 15.0 Å². The normalized spacial score (nSPS) is 11.4. The van der Waals surface area contributed by atoms with Gasteiger partial charge in [0.25, 0.3) is 5.91 Å². The van der Waals surface area contributed by atoms with Crippen molar-refractivity contribution in [2.45, 2.75) is 13.8 Å². The second-order valence-electron chi connectivity index (χ2n) is 4.61. The summed E-state index contributed by atoms with van der Waals surface area (Å²) in [4.78, 5) is 17.3. The minimum absolute atomic E-state index is 0.330. The molecule has 0 atom stereocenters. The molecule has 8 heteroatoms. The third kappa shape index (κ3) is 2.93. The molecule has 2 aromatic heterocycles. The van der Waals surface area contributed by atoms with Crippen molar-refractivity contribution in [2.24, 2.45) is 5.10 Å². The van der Waals surface area contributed by atoms with Crippen LogP contribution in [0.25, 0.3) is 4.96 Å². The Kier molecular flexibility index (Phi) is 4.04. The number of rotatable bonds is 3. The minimum Gasteiger partial charge on any atom is -0.265 e. The molecule has 0 saturated carbocycles. The molecule has 0 saturated heterocycles. The van der Waals surface area contributed by atoms with Crippen molar-refractivity contribution in [3.63, 3.8) is 0 Å². The predicted molar refractivity (Wildman–Crippen MR) is 89.5 cm³/mol. The van der Waals surface area contributed by atoms with Crippen LogP contribution in [0.1, 0.15) is 26.8 Å². The number of benzene rings is 1. The van der Waals surface area contributed by atoms with E-state index in [0.29, 0.717) is 16.3 Å². The predicted octanol–water partition coefficient (Wildman–Crippen LogP) is 2.93. The molecular formula is C14H12BrN5OS. The van der Waals surface area contributed by atoms with Crippen LogP contribution in [0.2, 0.25) is 0 Å². The molecule has 0 radical (unpaired) electrons. The van der Waals surface area contributed by atoms with Crippen LogP contribution >= 0.6 is 27.3 Å². The van der Waals surface area contributed by atoms with Gasteiger partial charge in [-0.2, -0.15) is 14.7 Å². The molecule has 6 nitrogen and oxygen atoms in total. The average molecular weight is 378 g/mol. The monoisotopic (exact) mass is 377 g/mol. The second kappa shape index (κ2) is 5.98. The standard InChI is InChI=1S/C14H12BrN5OS/c1-8-12(20-14(17-8)22-9(2)19-20)13(21)18-16-7-10-3-5-11(15)6-4-10/h3-7H,1-2H3,(H,18,21)/b16-7+. The van der Waals surface area contributed by atoms with Crippen molar-refractivity contribution in [3.8, 4) is 0 Å². The highest BCUT2D eigenvalue weighted by Crippen LogP contribution is 2.17. The van der Waals surface area contributed by atoms with Crippen LogP contribution in [0.5, 0.6) is 0 Å². The summed E-state index contributed by atoms with van der Waals surface area (Å²) in [6.07, 6.45) is 1.59. The Morgan fingerprint density at radius 2 is 2.09 bits per heavy atom. The van der Waals surface area contributed by atoms with Crippen LogP contribution in [0.4, 0.5) is 0 Å². The number of nitrogens with zero attached hydrogens (tertiary/aromatic N) is 4. The fourth-order valence-corrected chi connectivity index (χ4v) is 3.02. The van der Waals surface area contributed by atoms with Gasteiger partial charge in [0.15, 0.2) is 5.69 Å². The Bertz CT molecular complexity index is 865. The Hall–Kier alpha value is -2.06. The number of amides is 1. The van der Waals surface area contributed by atoms with E-state index in [-0.39, 0.29) is 5.91 Å². The zero-order valence-corrected chi connectivity index (χ0v) is 14.3. The van der Waals surface area contributed by atoms with Gasteiger partial charge in [-0.15, -0.1) is 0 Å². The maximum absolute atomic E-state index is 12.3. The SMILES string of the molecule is Cc1nn2c(C(=O)N/N=C/c3ccc(Br)cc3)c(C)nc2s1. The number of fused-ring (bicyclic) bond motifs is 1. The van der Waals surface area contributed by atoms with Gasteiger partial charge in [0, 0.05) is 4.47 Å². The van der Waals surface area contributed by atoms with Crippen molar-refractivity contribution >= 4 is 44.3 Å². The summed E-state index contributed by atoms with van der Waals surface area (Å²) in [6.45, 7) is 3.66. The summed E-state index contributed by atoms with van der Waals surface area (Å²) in [5.41, 5.74) is 4.45. The van der Waals surface area contributed by atoms with Crippen LogP contribution in [-0.4, -0.2) is 26.7 Å². The van der Waals surface area contributed by atoms with Gasteiger partial charge in [-0.25, -0.2) is 10.4 Å². The smallest absolute Gasteiger partial charge is 0.265 e. The highest BCUT2D eigenvalue weighted by Gasteiger charge is 2.18. The maximum atomic E-state index is 12.3. The lowest BCUT2D eigenvalue weighted by Crippen LogP contribution is -2.20. The summed E-state index contributed by atoms with van der Waals surface area (Å²) >= 11 is 4.81. The first kappa shape index (κ1) is 14.9. The molecule has 1 aromatic carbocycles. The molecule has 0 aliphatic heterocycles. The molecule has 1 N–H and O–H groups in total. The highest BCUT2D eigenvalue weighted by molar-refractivity contribution is 9.10. The Labute approximate surface area is 139 Å². The largest absolute Gasteiger partial charge is 0.292 e. The van der Waals surface area contributed by atoms with Crippen molar-refractivity contribution in [1.82, 2.24) is 20.0 Å². The molecule has 112 valence electrons. The zero-order valence-electron chi connectivity index (χ0n) is 11.9. The van der Waals surface area contributed by atoms with Crippen molar-refractivity contribution in [1.29, 1.82) is 0 Å². The van der Waals surface area contributed by atoms with E-state index >= 15 is 0 Å². The molecular weight excluding hydrogens is 366 g/mol. The fraction of sp³-hybridized carbons (Fsp3) is 0.143. The van der Waals surface area contributed by atoms with E-state index in [4.69, 9.17) is 0 Å². The molecule has 0 aliphatic carbocycles. The number of hydrogen-bond donors (Lipinski definition) is 1. The lowest BCUT2D eigenvalue weighted by molar-refractivity contribution is 0.0947. The molecule has 3 aromatic rings. The van der Waals surface area contributed by atoms with Gasteiger partial charge in [0.1, 0.15) is 5.01 Å². The summed E-state index contributed by atoms with van der Waals surface area (Å²) < 4.78 is 2.55. The van der Waals surface area contributed by atoms with E-state index in [2.05, 4.69) is 36.5 Å². The van der Waals surface area contributed by atoms with Crippen LogP contribution in [0.3, 0.4) is 0 Å². The fourth-order valence-electron chi connectivity index (χ4n) is 1.97. The third-order valence-electron chi connectivity index (χ3n) is 2.94. The Morgan fingerprint density at radius 3 is 2.82 bits per heavy atom. The number of aryl methyl sites for hydroxylation is 2. The molecule has 0 spiro atoms. The molecule has 0 fully saturated rings. The van der Waals surface area contributed by atoms with Gasteiger partial charge in [-0.05, 0) is 31.5 Å². The van der Waals surface area contributed by atoms with Crippen molar-refractivity contribution in [2.75, 3.05) is 0 Å². The first-order chi connectivity index (χ1) is 10.5. The van der Waals surface area contributed by atoms with Crippen LogP contribution in [0, 0.1) is 13.8 Å². The number of halogens is 1. The van der Waals surface area contributed by atoms with Gasteiger partial charge in [0.2, 0.25) is 4.96 Å².